The molecule has 2 aromatic carbocycles. The number of rotatable bonds is 11. The Balaban J connectivity index is 1.80. The maximum Gasteiger partial charge on any atom is 0.231 e. The number of aromatic nitrogens is 2. The van der Waals surface area contributed by atoms with E-state index in [-0.39, 0.29) is 0 Å². The fraction of sp³-hybridized carbons (Fsp3) is 0.346. The number of amides is 2. The lowest BCUT2D eigenvalue weighted by atomic mass is 9.88. The number of pyridine rings is 1. The van der Waals surface area contributed by atoms with Gasteiger partial charge in [0.2, 0.25) is 11.8 Å². The van der Waals surface area contributed by atoms with Crippen molar-refractivity contribution < 1.29 is 9.59 Å². The number of para-hydroxylation sites is 1. The SMILES string of the molecule is CN(CCN)CCCN(C)C(c1cccc2nc3c(cc12)[nH]c1ccccc13)C(C(N)=O)C(N)=O. The van der Waals surface area contributed by atoms with Crippen molar-refractivity contribution in [2.45, 2.75) is 12.5 Å². The van der Waals surface area contributed by atoms with Gasteiger partial charge in [-0.1, -0.05) is 30.3 Å². The molecule has 0 saturated carbocycles. The highest BCUT2D eigenvalue weighted by molar-refractivity contribution is 6.08. The minimum absolute atomic E-state index is 0.589. The van der Waals surface area contributed by atoms with Crippen LogP contribution in [-0.2, 0) is 9.59 Å². The Morgan fingerprint density at radius 3 is 2.40 bits per heavy atom. The van der Waals surface area contributed by atoms with E-state index in [1.165, 1.54) is 0 Å². The van der Waals surface area contributed by atoms with Gasteiger partial charge >= 0.3 is 0 Å². The van der Waals surface area contributed by atoms with Crippen LogP contribution in [0.4, 0.5) is 0 Å². The molecule has 2 heterocycles. The number of aromatic amines is 1. The number of likely N-dealkylation sites (N-methyl/N-ethyl adjacent to an activating group) is 1. The number of fused-ring (bicyclic) bond motifs is 4. The number of carbonyl (C=O) groups is 2. The second kappa shape index (κ2) is 10.4. The summed E-state index contributed by atoms with van der Waals surface area (Å²) in [5.74, 6) is -2.68. The largest absolute Gasteiger partial charge is 0.369 e. The Hall–Kier alpha value is -3.53. The fourth-order valence-electron chi connectivity index (χ4n) is 4.90. The van der Waals surface area contributed by atoms with Crippen LogP contribution in [0.25, 0.3) is 32.8 Å². The van der Waals surface area contributed by atoms with Gasteiger partial charge in [0.1, 0.15) is 5.92 Å². The average Bonchev–Trinajstić information content (AvgIpc) is 3.18. The number of carbonyl (C=O) groups excluding carboxylic acids is 2. The molecule has 1 atom stereocenters. The Morgan fingerprint density at radius 1 is 0.943 bits per heavy atom. The summed E-state index contributed by atoms with van der Waals surface area (Å²) >= 11 is 0. The van der Waals surface area contributed by atoms with E-state index >= 15 is 0 Å². The first-order valence-corrected chi connectivity index (χ1v) is 11.8. The van der Waals surface area contributed by atoms with Crippen LogP contribution in [0.1, 0.15) is 18.0 Å². The van der Waals surface area contributed by atoms with Gasteiger partial charge in [0, 0.05) is 29.4 Å². The highest BCUT2D eigenvalue weighted by Gasteiger charge is 2.36. The molecule has 184 valence electrons. The minimum atomic E-state index is -1.19. The van der Waals surface area contributed by atoms with Crippen molar-refractivity contribution in [3.8, 4) is 0 Å². The highest BCUT2D eigenvalue weighted by atomic mass is 16.2. The van der Waals surface area contributed by atoms with E-state index in [9.17, 15) is 9.59 Å². The van der Waals surface area contributed by atoms with Gasteiger partial charge in [-0.25, -0.2) is 4.98 Å². The van der Waals surface area contributed by atoms with Gasteiger partial charge in [-0.2, -0.15) is 0 Å². The smallest absolute Gasteiger partial charge is 0.231 e. The van der Waals surface area contributed by atoms with Crippen LogP contribution in [0.5, 0.6) is 0 Å². The van der Waals surface area contributed by atoms with E-state index in [1.54, 1.807) is 0 Å². The molecular weight excluding hydrogens is 442 g/mol. The van der Waals surface area contributed by atoms with Crippen LogP contribution in [-0.4, -0.2) is 71.9 Å². The lowest BCUT2D eigenvalue weighted by molar-refractivity contribution is -0.134. The predicted octanol–water partition coefficient (Wildman–Crippen LogP) is 1.71. The van der Waals surface area contributed by atoms with Gasteiger partial charge in [0.05, 0.1) is 22.6 Å². The molecule has 1 unspecified atom stereocenters. The van der Waals surface area contributed by atoms with Crippen LogP contribution in [0.3, 0.4) is 0 Å². The van der Waals surface area contributed by atoms with E-state index in [0.717, 1.165) is 57.9 Å². The Kier molecular flexibility index (Phi) is 7.30. The van der Waals surface area contributed by atoms with Crippen LogP contribution in [0.2, 0.25) is 0 Å². The van der Waals surface area contributed by atoms with E-state index in [4.69, 9.17) is 22.2 Å². The quantitative estimate of drug-likeness (QED) is 0.243. The van der Waals surface area contributed by atoms with Crippen molar-refractivity contribution in [3.05, 3.63) is 54.1 Å². The Morgan fingerprint density at radius 2 is 1.69 bits per heavy atom. The summed E-state index contributed by atoms with van der Waals surface area (Å²) in [5.41, 5.74) is 21.4. The number of nitrogens with one attached hydrogen (secondary N) is 1. The van der Waals surface area contributed by atoms with Gasteiger partial charge in [-0.15, -0.1) is 0 Å². The fourth-order valence-corrected chi connectivity index (χ4v) is 4.90. The first kappa shape index (κ1) is 24.6. The zero-order chi connectivity index (χ0) is 25.1. The average molecular weight is 476 g/mol. The van der Waals surface area contributed by atoms with Crippen LogP contribution < -0.4 is 17.2 Å². The Labute approximate surface area is 204 Å². The van der Waals surface area contributed by atoms with Crippen LogP contribution in [0, 0.1) is 5.92 Å². The molecule has 35 heavy (non-hydrogen) atoms. The number of hydrogen-bond donors (Lipinski definition) is 4. The van der Waals surface area contributed by atoms with Gasteiger partial charge in [0.15, 0.2) is 0 Å². The lowest BCUT2D eigenvalue weighted by Gasteiger charge is -2.33. The van der Waals surface area contributed by atoms with Crippen molar-refractivity contribution in [3.63, 3.8) is 0 Å². The molecule has 2 amide bonds. The van der Waals surface area contributed by atoms with Crippen LogP contribution >= 0.6 is 0 Å². The third-order valence-corrected chi connectivity index (χ3v) is 6.63. The lowest BCUT2D eigenvalue weighted by Crippen LogP contribution is -2.45. The summed E-state index contributed by atoms with van der Waals surface area (Å²) < 4.78 is 0. The Bertz CT molecular complexity index is 1350. The van der Waals surface area contributed by atoms with Gasteiger partial charge in [-0.3, -0.25) is 14.5 Å². The van der Waals surface area contributed by atoms with Gasteiger partial charge in [-0.05, 0) is 57.4 Å². The number of nitrogens with two attached hydrogens (primary N) is 3. The third kappa shape index (κ3) is 4.97. The molecule has 4 rings (SSSR count). The molecule has 7 N–H and O–H groups in total. The number of hydrogen-bond acceptors (Lipinski definition) is 6. The zero-order valence-electron chi connectivity index (χ0n) is 20.2. The molecule has 0 fully saturated rings. The maximum absolute atomic E-state index is 12.4. The maximum atomic E-state index is 12.4. The predicted molar refractivity (Wildman–Crippen MR) is 140 cm³/mol. The first-order valence-electron chi connectivity index (χ1n) is 11.8. The second-order valence-corrected chi connectivity index (χ2v) is 9.12. The standard InChI is InChI=1S/C26H33N7O2/c1-32(14-11-27)12-6-13-33(2)24(22(25(28)34)26(29)35)16-8-5-10-20-18(16)15-21-23(31-20)17-7-3-4-9-19(17)30-21/h3-5,7-10,15,22,24,30H,6,11-14,27H2,1-2H3,(H2,28,34)(H2,29,35). The van der Waals surface area contributed by atoms with E-state index < -0.39 is 23.8 Å². The molecule has 0 aliphatic rings. The van der Waals surface area contributed by atoms with Gasteiger partial charge in [0.25, 0.3) is 0 Å². The molecule has 0 aliphatic heterocycles. The molecular formula is C26H33N7O2. The molecule has 0 saturated heterocycles. The van der Waals surface area contributed by atoms with E-state index in [2.05, 4.69) is 9.88 Å². The number of primary amides is 2. The molecule has 0 bridgehead atoms. The molecule has 9 heteroatoms. The van der Waals surface area contributed by atoms with Crippen molar-refractivity contribution in [1.82, 2.24) is 19.8 Å². The van der Waals surface area contributed by atoms with Crippen molar-refractivity contribution >= 4 is 44.7 Å². The van der Waals surface area contributed by atoms with Crippen molar-refractivity contribution in [2.75, 3.05) is 40.3 Å². The molecule has 2 aromatic heterocycles. The van der Waals surface area contributed by atoms with E-state index in [1.807, 2.05) is 67.5 Å². The van der Waals surface area contributed by atoms with Crippen molar-refractivity contribution in [2.24, 2.45) is 23.1 Å². The molecule has 0 radical (unpaired) electrons. The molecule has 4 aromatic rings. The van der Waals surface area contributed by atoms with Gasteiger partial charge < -0.3 is 27.1 Å². The second-order valence-electron chi connectivity index (χ2n) is 9.12. The summed E-state index contributed by atoms with van der Waals surface area (Å²) in [6.07, 6.45) is 0.822. The molecule has 0 spiro atoms. The van der Waals surface area contributed by atoms with Crippen LogP contribution in [0.15, 0.2) is 48.5 Å². The first-order chi connectivity index (χ1) is 16.8. The normalized spacial score (nSPS) is 13.0. The zero-order valence-corrected chi connectivity index (χ0v) is 20.2. The molecule has 9 nitrogen and oxygen atoms in total. The van der Waals surface area contributed by atoms with Crippen molar-refractivity contribution in [1.29, 1.82) is 0 Å². The minimum Gasteiger partial charge on any atom is -0.369 e. The third-order valence-electron chi connectivity index (χ3n) is 6.63. The number of benzene rings is 2. The monoisotopic (exact) mass is 475 g/mol. The topological polar surface area (TPSA) is 147 Å². The number of H-pyrrole nitrogens is 1. The summed E-state index contributed by atoms with van der Waals surface area (Å²) in [6, 6.07) is 15.1. The summed E-state index contributed by atoms with van der Waals surface area (Å²) in [7, 11) is 3.90. The summed E-state index contributed by atoms with van der Waals surface area (Å²) in [4.78, 5) is 37.4. The van der Waals surface area contributed by atoms with E-state index in [0.29, 0.717) is 13.1 Å². The highest BCUT2D eigenvalue weighted by Crippen LogP contribution is 2.35. The summed E-state index contributed by atoms with van der Waals surface area (Å²) in [6.45, 7) is 2.85. The number of nitrogens with zero attached hydrogens (tertiary/aromatic N) is 3. The molecule has 0 aliphatic carbocycles. The summed E-state index contributed by atoms with van der Waals surface area (Å²) in [5, 5.41) is 1.88.